The third-order valence-corrected chi connectivity index (χ3v) is 5.25. The van der Waals surface area contributed by atoms with Crippen LogP contribution in [0.5, 0.6) is 11.6 Å². The highest BCUT2D eigenvalue weighted by molar-refractivity contribution is 5.74. The molecule has 0 amide bonds. The van der Waals surface area contributed by atoms with Crippen molar-refractivity contribution < 1.29 is 9.84 Å². The Bertz CT molecular complexity index is 1050. The summed E-state index contributed by atoms with van der Waals surface area (Å²) in [5.74, 6) is 1.41. The Labute approximate surface area is 182 Å². The Morgan fingerprint density at radius 3 is 2.58 bits per heavy atom. The molecule has 2 N–H and O–H groups in total. The third kappa shape index (κ3) is 4.91. The molecular formula is C23H28N6O2. The van der Waals surface area contributed by atoms with Crippen molar-refractivity contribution in [1.29, 1.82) is 0 Å². The summed E-state index contributed by atoms with van der Waals surface area (Å²) in [7, 11) is 1.54. The van der Waals surface area contributed by atoms with Crippen LogP contribution < -0.4 is 15.0 Å². The van der Waals surface area contributed by atoms with E-state index in [2.05, 4.69) is 51.4 Å². The van der Waals surface area contributed by atoms with Crippen molar-refractivity contribution in [1.82, 2.24) is 25.7 Å². The molecule has 1 aliphatic heterocycles. The van der Waals surface area contributed by atoms with E-state index in [0.29, 0.717) is 23.2 Å². The smallest absolute Gasteiger partial charge is 0.233 e. The maximum absolute atomic E-state index is 10.6. The number of ether oxygens (including phenoxy) is 1. The molecule has 2 aromatic heterocycles. The number of anilines is 1. The summed E-state index contributed by atoms with van der Waals surface area (Å²) in [4.78, 5) is 2.24. The van der Waals surface area contributed by atoms with Gasteiger partial charge >= 0.3 is 0 Å². The van der Waals surface area contributed by atoms with E-state index in [1.807, 2.05) is 24.3 Å². The molecule has 1 aromatic carbocycles. The maximum atomic E-state index is 10.6. The lowest BCUT2D eigenvalue weighted by atomic mass is 10.0. The number of nitrogens with zero attached hydrogens (tertiary/aromatic N) is 5. The Balaban J connectivity index is 1.49. The third-order valence-electron chi connectivity index (χ3n) is 5.25. The highest BCUT2D eigenvalue weighted by Crippen LogP contribution is 2.33. The van der Waals surface area contributed by atoms with Crippen LogP contribution in [0.25, 0.3) is 22.4 Å². The predicted octanol–water partition coefficient (Wildman–Crippen LogP) is 3.28. The van der Waals surface area contributed by atoms with Crippen LogP contribution in [-0.4, -0.2) is 57.3 Å². The summed E-state index contributed by atoms with van der Waals surface area (Å²) >= 11 is 0. The Kier molecular flexibility index (Phi) is 5.73. The van der Waals surface area contributed by atoms with E-state index in [1.165, 1.54) is 0 Å². The van der Waals surface area contributed by atoms with Crippen molar-refractivity contribution in [2.24, 2.45) is 0 Å². The SMILES string of the molecule is COc1cc(-c2ccc(-c3ccc(N4CC[C@H](NC(C)(C)C)C4)nn3)c(O)c2)cnn1. The number of methoxy groups -OCH3 is 1. The van der Waals surface area contributed by atoms with Crippen LogP contribution in [0, 0.1) is 0 Å². The van der Waals surface area contributed by atoms with Crippen molar-refractivity contribution in [3.8, 4) is 34.0 Å². The fourth-order valence-electron chi connectivity index (χ4n) is 3.87. The first-order valence-electron chi connectivity index (χ1n) is 10.4. The number of aromatic nitrogens is 4. The molecule has 3 heterocycles. The van der Waals surface area contributed by atoms with Gasteiger partial charge in [0.2, 0.25) is 5.88 Å². The second-order valence-corrected chi connectivity index (χ2v) is 8.82. The maximum Gasteiger partial charge on any atom is 0.233 e. The van der Waals surface area contributed by atoms with Crippen molar-refractivity contribution >= 4 is 5.82 Å². The van der Waals surface area contributed by atoms with Gasteiger partial charge in [-0.05, 0) is 57.0 Å². The summed E-state index contributed by atoms with van der Waals surface area (Å²) in [6.45, 7) is 8.41. The first-order chi connectivity index (χ1) is 14.8. The lowest BCUT2D eigenvalue weighted by Crippen LogP contribution is -2.45. The average Bonchev–Trinajstić information content (AvgIpc) is 3.20. The van der Waals surface area contributed by atoms with Gasteiger partial charge in [-0.1, -0.05) is 6.07 Å². The molecule has 8 nitrogen and oxygen atoms in total. The van der Waals surface area contributed by atoms with E-state index >= 15 is 0 Å². The van der Waals surface area contributed by atoms with E-state index < -0.39 is 0 Å². The van der Waals surface area contributed by atoms with Gasteiger partial charge in [-0.3, -0.25) is 0 Å². The van der Waals surface area contributed by atoms with E-state index in [4.69, 9.17) is 4.74 Å². The van der Waals surface area contributed by atoms with Gasteiger partial charge in [-0.25, -0.2) is 0 Å². The van der Waals surface area contributed by atoms with Gasteiger partial charge in [0.25, 0.3) is 0 Å². The zero-order valence-electron chi connectivity index (χ0n) is 18.3. The van der Waals surface area contributed by atoms with Gasteiger partial charge in [0.05, 0.1) is 19.0 Å². The van der Waals surface area contributed by atoms with Gasteiger partial charge in [0, 0.05) is 41.9 Å². The minimum absolute atomic E-state index is 0.0946. The number of hydrogen-bond acceptors (Lipinski definition) is 8. The minimum Gasteiger partial charge on any atom is -0.507 e. The lowest BCUT2D eigenvalue weighted by Gasteiger charge is -2.26. The largest absolute Gasteiger partial charge is 0.507 e. The van der Waals surface area contributed by atoms with Gasteiger partial charge in [-0.2, -0.15) is 5.10 Å². The molecule has 31 heavy (non-hydrogen) atoms. The summed E-state index contributed by atoms with van der Waals surface area (Å²) < 4.78 is 5.12. The fourth-order valence-corrected chi connectivity index (χ4v) is 3.87. The summed E-state index contributed by atoms with van der Waals surface area (Å²) in [5.41, 5.74) is 2.97. The summed E-state index contributed by atoms with van der Waals surface area (Å²) in [5, 5.41) is 30.8. The molecule has 0 aliphatic carbocycles. The standard InChI is InChI=1S/C23H28N6O2/c1-23(2,3)25-17-9-10-29(14-17)21-8-7-19(26-27-21)18-6-5-15(11-20(18)30)16-12-22(31-4)28-24-13-16/h5-8,11-13,17,25,30H,9-10,14H2,1-4H3/t17-/m0/s1. The highest BCUT2D eigenvalue weighted by atomic mass is 16.5. The Morgan fingerprint density at radius 2 is 1.90 bits per heavy atom. The number of nitrogens with one attached hydrogen (secondary N) is 1. The number of benzene rings is 1. The molecule has 1 atom stereocenters. The molecule has 1 fully saturated rings. The topological polar surface area (TPSA) is 96.3 Å². The molecule has 0 radical (unpaired) electrons. The highest BCUT2D eigenvalue weighted by Gasteiger charge is 2.26. The van der Waals surface area contributed by atoms with Crippen molar-refractivity contribution in [2.45, 2.75) is 38.8 Å². The summed E-state index contributed by atoms with van der Waals surface area (Å²) in [6.07, 6.45) is 2.71. The van der Waals surface area contributed by atoms with E-state index in [9.17, 15) is 5.11 Å². The van der Waals surface area contributed by atoms with E-state index in [0.717, 1.165) is 36.5 Å². The van der Waals surface area contributed by atoms with Crippen LogP contribution in [0.2, 0.25) is 0 Å². The second kappa shape index (κ2) is 8.47. The molecule has 8 heteroatoms. The Morgan fingerprint density at radius 1 is 1.06 bits per heavy atom. The number of aromatic hydroxyl groups is 1. The molecule has 1 saturated heterocycles. The molecule has 1 aliphatic rings. The monoisotopic (exact) mass is 420 g/mol. The van der Waals surface area contributed by atoms with Crippen molar-refractivity contribution in [3.63, 3.8) is 0 Å². The molecule has 0 saturated carbocycles. The number of phenolic OH excluding ortho intramolecular Hbond substituents is 1. The molecule has 4 rings (SSSR count). The van der Waals surface area contributed by atoms with Crippen LogP contribution >= 0.6 is 0 Å². The summed E-state index contributed by atoms with van der Waals surface area (Å²) in [6, 6.07) is 11.5. The first-order valence-corrected chi connectivity index (χ1v) is 10.4. The fraction of sp³-hybridized carbons (Fsp3) is 0.391. The van der Waals surface area contributed by atoms with E-state index in [1.54, 1.807) is 25.4 Å². The molecule has 162 valence electrons. The second-order valence-electron chi connectivity index (χ2n) is 8.82. The zero-order chi connectivity index (χ0) is 22.0. The van der Waals surface area contributed by atoms with Crippen LogP contribution in [0.3, 0.4) is 0 Å². The first kappa shape index (κ1) is 21.0. The van der Waals surface area contributed by atoms with Crippen LogP contribution in [0.4, 0.5) is 5.82 Å². The molecule has 0 bridgehead atoms. The molecule has 0 unspecified atom stereocenters. The number of rotatable bonds is 5. The van der Waals surface area contributed by atoms with Crippen molar-refractivity contribution in [2.75, 3.05) is 25.1 Å². The van der Waals surface area contributed by atoms with Gasteiger partial charge in [-0.15, -0.1) is 15.3 Å². The minimum atomic E-state index is 0.0946. The zero-order valence-corrected chi connectivity index (χ0v) is 18.3. The van der Waals surface area contributed by atoms with Gasteiger partial charge in [0.15, 0.2) is 5.82 Å². The number of hydrogen-bond donors (Lipinski definition) is 2. The lowest BCUT2D eigenvalue weighted by molar-refractivity contribution is 0.373. The van der Waals surface area contributed by atoms with Gasteiger partial charge < -0.3 is 20.1 Å². The van der Waals surface area contributed by atoms with Crippen LogP contribution in [0.1, 0.15) is 27.2 Å². The van der Waals surface area contributed by atoms with Crippen molar-refractivity contribution in [3.05, 3.63) is 42.6 Å². The average molecular weight is 421 g/mol. The van der Waals surface area contributed by atoms with Crippen LogP contribution in [0.15, 0.2) is 42.6 Å². The van der Waals surface area contributed by atoms with E-state index in [-0.39, 0.29) is 11.3 Å². The number of phenols is 1. The normalized spacial score (nSPS) is 16.5. The molecule has 0 spiro atoms. The predicted molar refractivity (Wildman–Crippen MR) is 120 cm³/mol. The Hall–Kier alpha value is -3.26. The quantitative estimate of drug-likeness (QED) is 0.649. The molecular weight excluding hydrogens is 392 g/mol. The van der Waals surface area contributed by atoms with Gasteiger partial charge in [0.1, 0.15) is 5.75 Å². The molecule has 3 aromatic rings. The van der Waals surface area contributed by atoms with Crippen LogP contribution in [-0.2, 0) is 0 Å².